The predicted molar refractivity (Wildman–Crippen MR) is 79.9 cm³/mol. The van der Waals surface area contributed by atoms with Crippen molar-refractivity contribution in [3.05, 3.63) is 0 Å². The van der Waals surface area contributed by atoms with Gasteiger partial charge in [0.1, 0.15) is 5.54 Å². The average Bonchev–Trinajstić information content (AvgIpc) is 2.37. The molecule has 0 aromatic rings. The van der Waals surface area contributed by atoms with Gasteiger partial charge in [0.25, 0.3) is 0 Å². The van der Waals surface area contributed by atoms with Gasteiger partial charge in [-0.1, -0.05) is 27.2 Å². The van der Waals surface area contributed by atoms with Crippen LogP contribution in [0.5, 0.6) is 0 Å². The number of carboxylic acids is 1. The number of aliphatic carboxylic acids is 1. The van der Waals surface area contributed by atoms with E-state index in [1.165, 1.54) is 6.92 Å². The van der Waals surface area contributed by atoms with Gasteiger partial charge in [-0.05, 0) is 32.9 Å². The second-order valence-electron chi connectivity index (χ2n) is 5.20. The largest absolute Gasteiger partial charge is 0.480 e. The van der Waals surface area contributed by atoms with E-state index < -0.39 is 17.5 Å². The number of nitrogens with zero attached hydrogens (tertiary/aromatic N) is 1. The molecule has 0 spiro atoms. The van der Waals surface area contributed by atoms with Gasteiger partial charge in [-0.15, -0.1) is 0 Å². The first-order valence-corrected chi connectivity index (χ1v) is 7.41. The van der Waals surface area contributed by atoms with E-state index >= 15 is 0 Å². The van der Waals surface area contributed by atoms with Gasteiger partial charge in [-0.25, -0.2) is 9.59 Å². The molecule has 118 valence electrons. The summed E-state index contributed by atoms with van der Waals surface area (Å²) < 4.78 is 0. The van der Waals surface area contributed by atoms with Crippen LogP contribution in [-0.2, 0) is 4.79 Å². The van der Waals surface area contributed by atoms with Crippen LogP contribution in [0.15, 0.2) is 0 Å². The molecule has 0 aliphatic carbocycles. The summed E-state index contributed by atoms with van der Waals surface area (Å²) in [6, 6.07) is -0.420. The van der Waals surface area contributed by atoms with Crippen molar-refractivity contribution in [3.8, 4) is 0 Å². The van der Waals surface area contributed by atoms with Crippen molar-refractivity contribution in [1.82, 2.24) is 15.5 Å². The predicted octanol–water partition coefficient (Wildman–Crippen LogP) is 1.66. The fraction of sp³-hybridized carbons (Fsp3) is 0.857. The minimum absolute atomic E-state index is 0.409. The number of likely N-dealkylation sites (N-methyl/N-ethyl adjacent to an activating group) is 1. The molecule has 0 heterocycles. The average molecular weight is 287 g/mol. The molecule has 0 aromatic carbocycles. The Morgan fingerprint density at radius 1 is 1.15 bits per heavy atom. The number of rotatable bonds is 10. The zero-order chi connectivity index (χ0) is 15.6. The lowest BCUT2D eigenvalue weighted by atomic mass is 9.97. The molecule has 20 heavy (non-hydrogen) atoms. The number of carbonyl (C=O) groups is 2. The second kappa shape index (κ2) is 9.58. The van der Waals surface area contributed by atoms with E-state index in [1.54, 1.807) is 0 Å². The van der Waals surface area contributed by atoms with Gasteiger partial charge >= 0.3 is 12.0 Å². The van der Waals surface area contributed by atoms with Crippen molar-refractivity contribution in [3.63, 3.8) is 0 Å². The Morgan fingerprint density at radius 2 is 1.80 bits per heavy atom. The van der Waals surface area contributed by atoms with E-state index in [9.17, 15) is 14.7 Å². The molecule has 0 aromatic heterocycles. The summed E-state index contributed by atoms with van der Waals surface area (Å²) in [5.41, 5.74) is -1.20. The Bertz CT molecular complexity index is 310. The molecule has 0 saturated heterocycles. The topological polar surface area (TPSA) is 81.7 Å². The van der Waals surface area contributed by atoms with Crippen LogP contribution in [0.3, 0.4) is 0 Å². The maximum absolute atomic E-state index is 11.8. The summed E-state index contributed by atoms with van der Waals surface area (Å²) in [5, 5.41) is 14.5. The highest BCUT2D eigenvalue weighted by Crippen LogP contribution is 2.12. The summed E-state index contributed by atoms with van der Waals surface area (Å²) in [7, 11) is 0. The molecule has 0 aliphatic rings. The fourth-order valence-electron chi connectivity index (χ4n) is 2.09. The monoisotopic (exact) mass is 287 g/mol. The van der Waals surface area contributed by atoms with E-state index in [2.05, 4.69) is 29.4 Å². The Hall–Kier alpha value is -1.30. The Morgan fingerprint density at radius 3 is 2.25 bits per heavy atom. The second-order valence-corrected chi connectivity index (χ2v) is 5.20. The first kappa shape index (κ1) is 18.7. The van der Waals surface area contributed by atoms with Crippen LogP contribution >= 0.6 is 0 Å². The number of carbonyl (C=O) groups excluding carboxylic acids is 1. The van der Waals surface area contributed by atoms with Crippen LogP contribution in [0.1, 0.15) is 47.0 Å². The summed E-state index contributed by atoms with van der Waals surface area (Å²) in [5.74, 6) is -1.00. The van der Waals surface area contributed by atoms with E-state index in [-0.39, 0.29) is 0 Å². The normalized spacial score (nSPS) is 13.8. The van der Waals surface area contributed by atoms with Crippen molar-refractivity contribution in [1.29, 1.82) is 0 Å². The lowest BCUT2D eigenvalue weighted by Gasteiger charge is -2.26. The van der Waals surface area contributed by atoms with Crippen LogP contribution in [0.2, 0.25) is 0 Å². The highest BCUT2D eigenvalue weighted by molar-refractivity contribution is 5.85. The third-order valence-corrected chi connectivity index (χ3v) is 3.31. The van der Waals surface area contributed by atoms with Crippen LogP contribution < -0.4 is 10.6 Å². The standard InChI is InChI=1S/C14H29N3O3/c1-5-8-14(4,12(18)19)16-13(20)15-9-11-17(7-3)10-6-2/h5-11H2,1-4H3,(H,18,19)(H2,15,16,20). The van der Waals surface area contributed by atoms with Gasteiger partial charge in [0.2, 0.25) is 0 Å². The van der Waals surface area contributed by atoms with Gasteiger partial charge in [-0.2, -0.15) is 0 Å². The molecule has 0 radical (unpaired) electrons. The maximum atomic E-state index is 11.8. The van der Waals surface area contributed by atoms with Crippen molar-refractivity contribution in [2.24, 2.45) is 0 Å². The van der Waals surface area contributed by atoms with Crippen molar-refractivity contribution in [2.45, 2.75) is 52.5 Å². The summed E-state index contributed by atoms with van der Waals surface area (Å²) >= 11 is 0. The Balaban J connectivity index is 4.18. The zero-order valence-electron chi connectivity index (χ0n) is 13.2. The number of carboxylic acid groups (broad SMARTS) is 1. The van der Waals surface area contributed by atoms with Gasteiger partial charge in [0.15, 0.2) is 0 Å². The van der Waals surface area contributed by atoms with Gasteiger partial charge in [0, 0.05) is 13.1 Å². The third kappa shape index (κ3) is 6.75. The molecule has 3 N–H and O–H groups in total. The first-order chi connectivity index (χ1) is 9.39. The number of urea groups is 1. The van der Waals surface area contributed by atoms with Gasteiger partial charge in [0.05, 0.1) is 0 Å². The number of nitrogens with one attached hydrogen (secondary N) is 2. The van der Waals surface area contributed by atoms with E-state index in [4.69, 9.17) is 0 Å². The maximum Gasteiger partial charge on any atom is 0.329 e. The van der Waals surface area contributed by atoms with E-state index in [1.807, 2.05) is 6.92 Å². The molecule has 0 fully saturated rings. The first-order valence-electron chi connectivity index (χ1n) is 7.41. The van der Waals surface area contributed by atoms with Crippen LogP contribution in [0.25, 0.3) is 0 Å². The Labute approximate surface area is 121 Å². The highest BCUT2D eigenvalue weighted by atomic mass is 16.4. The summed E-state index contributed by atoms with van der Waals surface area (Å²) in [4.78, 5) is 25.2. The van der Waals surface area contributed by atoms with Crippen LogP contribution in [0.4, 0.5) is 4.79 Å². The molecular formula is C14H29N3O3. The molecule has 0 saturated carbocycles. The quantitative estimate of drug-likeness (QED) is 0.571. The Kier molecular flexibility index (Phi) is 8.96. The molecule has 1 unspecified atom stereocenters. The lowest BCUT2D eigenvalue weighted by Crippen LogP contribution is -2.55. The smallest absolute Gasteiger partial charge is 0.329 e. The van der Waals surface area contributed by atoms with Crippen molar-refractivity contribution >= 4 is 12.0 Å². The molecule has 0 bridgehead atoms. The number of amides is 2. The number of hydrogen-bond donors (Lipinski definition) is 3. The molecule has 0 aliphatic heterocycles. The SMILES string of the molecule is CCCN(CC)CCNC(=O)NC(C)(CCC)C(=O)O. The third-order valence-electron chi connectivity index (χ3n) is 3.31. The zero-order valence-corrected chi connectivity index (χ0v) is 13.2. The van der Waals surface area contributed by atoms with Crippen LogP contribution in [0, 0.1) is 0 Å². The highest BCUT2D eigenvalue weighted by Gasteiger charge is 2.33. The molecule has 1 atom stereocenters. The van der Waals surface area contributed by atoms with Gasteiger partial charge < -0.3 is 20.6 Å². The minimum atomic E-state index is -1.20. The molecule has 2 amide bonds. The molecular weight excluding hydrogens is 258 g/mol. The van der Waals surface area contributed by atoms with Crippen molar-refractivity contribution in [2.75, 3.05) is 26.2 Å². The van der Waals surface area contributed by atoms with E-state index in [0.29, 0.717) is 19.4 Å². The molecule has 6 nitrogen and oxygen atoms in total. The van der Waals surface area contributed by atoms with Crippen molar-refractivity contribution < 1.29 is 14.7 Å². The molecule has 6 heteroatoms. The minimum Gasteiger partial charge on any atom is -0.480 e. The fourth-order valence-corrected chi connectivity index (χ4v) is 2.09. The van der Waals surface area contributed by atoms with Crippen LogP contribution in [-0.4, -0.2) is 53.7 Å². The molecule has 0 rings (SSSR count). The summed E-state index contributed by atoms with van der Waals surface area (Å²) in [6.07, 6.45) is 2.18. The summed E-state index contributed by atoms with van der Waals surface area (Å²) in [6.45, 7) is 10.9. The number of hydrogen-bond acceptors (Lipinski definition) is 3. The van der Waals surface area contributed by atoms with E-state index in [0.717, 1.165) is 26.1 Å². The lowest BCUT2D eigenvalue weighted by molar-refractivity contribution is -0.144. The van der Waals surface area contributed by atoms with Gasteiger partial charge in [-0.3, -0.25) is 0 Å².